The van der Waals surface area contributed by atoms with Crippen LogP contribution in [0.15, 0.2) is 96.2 Å². The topological polar surface area (TPSA) is 0 Å². The minimum atomic E-state index is -2.60. The summed E-state index contributed by atoms with van der Waals surface area (Å²) in [5.41, 5.74) is 10.4. The summed E-state index contributed by atoms with van der Waals surface area (Å²) in [6.07, 6.45) is 7.32. The third kappa shape index (κ3) is 7.13. The second-order valence-corrected chi connectivity index (χ2v) is 14.5. The van der Waals surface area contributed by atoms with Crippen LogP contribution in [0.25, 0.3) is 5.57 Å². The zero-order valence-corrected chi connectivity index (χ0v) is 28.8. The molecule has 0 saturated carbocycles. The van der Waals surface area contributed by atoms with E-state index in [9.17, 15) is 0 Å². The molecule has 5 heteroatoms. The average Bonchev–Trinajstić information content (AvgIpc) is 3.29. The summed E-state index contributed by atoms with van der Waals surface area (Å²) >= 11 is 0. The van der Waals surface area contributed by atoms with E-state index in [0.717, 1.165) is 6.42 Å². The van der Waals surface area contributed by atoms with Crippen molar-refractivity contribution in [2.24, 2.45) is 0 Å². The van der Waals surface area contributed by atoms with Gasteiger partial charge in [0, 0.05) is 0 Å². The minimum absolute atomic E-state index is 0. The van der Waals surface area contributed by atoms with Crippen LogP contribution in [0.3, 0.4) is 0 Å². The molecule has 5 rings (SSSR count). The molecule has 0 bridgehead atoms. The normalized spacial score (nSPS) is 12.2. The number of hydrogen-bond donors (Lipinski definition) is 0. The molecule has 204 valence electrons. The Morgan fingerprint density at radius 1 is 0.525 bits per heavy atom. The van der Waals surface area contributed by atoms with Gasteiger partial charge in [0.25, 0.3) is 0 Å². The van der Waals surface area contributed by atoms with Gasteiger partial charge in [0.05, 0.1) is 0 Å². The summed E-state index contributed by atoms with van der Waals surface area (Å²) < 4.78 is 0. The first kappa shape index (κ1) is 36.2. The van der Waals surface area contributed by atoms with Crippen molar-refractivity contribution in [2.75, 3.05) is 0 Å². The van der Waals surface area contributed by atoms with Gasteiger partial charge in [-0.05, 0) is 57.1 Å². The Morgan fingerprint density at radius 3 is 1.23 bits per heavy atom. The fourth-order valence-electron chi connectivity index (χ4n) is 6.12. The summed E-state index contributed by atoms with van der Waals surface area (Å²) in [5, 5.41) is 5.82. The Labute approximate surface area is 275 Å². The van der Waals surface area contributed by atoms with Gasteiger partial charge in [0.15, 0.2) is 8.07 Å². The predicted octanol–water partition coefficient (Wildman–Crippen LogP) is -2.23. The fraction of sp³-hybridized carbons (Fsp3) is 0.200. The van der Waals surface area contributed by atoms with Crippen LogP contribution >= 0.6 is 0 Å². The van der Waals surface area contributed by atoms with Crippen molar-refractivity contribution in [1.82, 2.24) is 0 Å². The quantitative estimate of drug-likeness (QED) is 0.132. The van der Waals surface area contributed by atoms with Crippen molar-refractivity contribution >= 4 is 29.2 Å². The molecule has 0 spiro atoms. The minimum Gasteiger partial charge on any atom is -1.00 e. The maximum absolute atomic E-state index is 4.00. The molecule has 0 N–H and O–H groups in total. The van der Waals surface area contributed by atoms with Gasteiger partial charge in [-0.2, -0.15) is 17.7 Å². The number of benzene rings is 4. The Morgan fingerprint density at radius 2 is 0.875 bits per heavy atom. The first-order valence-corrected chi connectivity index (χ1v) is 14.9. The van der Waals surface area contributed by atoms with E-state index in [-0.39, 0.29) is 58.9 Å². The summed E-state index contributed by atoms with van der Waals surface area (Å²) in [5.74, 6) is 0. The molecule has 1 aliphatic carbocycles. The zero-order valence-electron chi connectivity index (χ0n) is 24.0. The molecule has 0 nitrogen and oxygen atoms in total. The molecule has 0 saturated heterocycles. The van der Waals surface area contributed by atoms with Gasteiger partial charge in [-0.25, -0.2) is 0 Å². The van der Waals surface area contributed by atoms with E-state index in [1.54, 1.807) is 0 Å². The molecule has 0 aromatic heterocycles. The number of aryl methyl sites for hydroxylation is 6. The van der Waals surface area contributed by atoms with Gasteiger partial charge in [0.2, 0.25) is 0 Å². The Bertz CT molecular complexity index is 1340. The Kier molecular flexibility index (Phi) is 13.5. The maximum Gasteiger partial charge on any atom is 4.00 e. The number of allylic oxidation sites excluding steroid dienone is 4. The summed E-state index contributed by atoms with van der Waals surface area (Å²) in [7, 11) is -2.60. The molecule has 0 atom stereocenters. The van der Waals surface area contributed by atoms with E-state index in [4.69, 9.17) is 0 Å². The fourth-order valence-corrected chi connectivity index (χ4v) is 11.6. The van der Waals surface area contributed by atoms with E-state index < -0.39 is 8.07 Å². The molecule has 0 amide bonds. The molecule has 0 fully saturated rings. The van der Waals surface area contributed by atoms with Crippen LogP contribution in [-0.2, 0) is 21.7 Å². The van der Waals surface area contributed by atoms with Crippen LogP contribution in [0.4, 0.5) is 0 Å². The van der Waals surface area contributed by atoms with E-state index in [1.807, 2.05) is 0 Å². The smallest absolute Gasteiger partial charge is 1.00 e. The summed E-state index contributed by atoms with van der Waals surface area (Å²) in [6, 6.07) is 32.3. The van der Waals surface area contributed by atoms with Crippen LogP contribution in [0.1, 0.15) is 45.4 Å². The van der Waals surface area contributed by atoms with Gasteiger partial charge >= 0.3 is 21.7 Å². The van der Waals surface area contributed by atoms with E-state index in [1.165, 1.54) is 65.3 Å². The van der Waals surface area contributed by atoms with E-state index in [0.29, 0.717) is 0 Å². The van der Waals surface area contributed by atoms with Crippen LogP contribution in [-0.4, -0.2) is 8.07 Å². The van der Waals surface area contributed by atoms with Crippen molar-refractivity contribution in [3.8, 4) is 0 Å². The summed E-state index contributed by atoms with van der Waals surface area (Å²) in [6.45, 7) is 13.4. The van der Waals surface area contributed by atoms with Gasteiger partial charge in [-0.1, -0.05) is 113 Å². The molecule has 0 radical (unpaired) electrons. The van der Waals surface area contributed by atoms with Crippen molar-refractivity contribution in [3.63, 3.8) is 0 Å². The maximum atomic E-state index is 4.00. The number of hydrogen-bond acceptors (Lipinski definition) is 0. The van der Waals surface area contributed by atoms with Crippen molar-refractivity contribution in [3.05, 3.63) is 141 Å². The second-order valence-electron chi connectivity index (χ2n) is 10.7. The average molecular weight is 638 g/mol. The van der Waals surface area contributed by atoms with E-state index >= 15 is 0 Å². The van der Waals surface area contributed by atoms with Crippen molar-refractivity contribution in [1.29, 1.82) is 0 Å². The molecule has 4 aromatic rings. The molecular weight excluding hydrogens is 603 g/mol. The molecule has 40 heavy (non-hydrogen) atoms. The van der Waals surface area contributed by atoms with Gasteiger partial charge in [-0.3, -0.25) is 0 Å². The third-order valence-electron chi connectivity index (χ3n) is 7.30. The standard InChI is InChI=1S/C35H35Si.3ClH.Ti/c1-24-14-25(2)18-33(17-24)36(34-19-26(3)15-27(4)20-34,35-21-28(5)16-29(6)22-35)32-13-12-31(23-32)30-10-8-7-9-11-30;;;;/h7-12,14-22H,13H2,1-6H3;3*1H;/q-1;;;;+4/p-3. The van der Waals surface area contributed by atoms with Crippen molar-refractivity contribution < 1.29 is 58.9 Å². The largest absolute Gasteiger partial charge is 4.00 e. The van der Waals surface area contributed by atoms with E-state index in [2.05, 4.69) is 139 Å². The van der Waals surface area contributed by atoms with Crippen molar-refractivity contribution in [2.45, 2.75) is 48.0 Å². The molecule has 0 heterocycles. The number of halogens is 3. The SMILES string of the molecule is Cc1cc(C)cc([Si](C2=[C-]C(c3ccccc3)=CC2)(c2cc(C)cc(C)c2)c2cc(C)cc(C)c2)c1.[Cl-].[Cl-].[Cl-].[Ti+4]. The summed E-state index contributed by atoms with van der Waals surface area (Å²) in [4.78, 5) is 0. The third-order valence-corrected chi connectivity index (χ3v) is 12.0. The first-order chi connectivity index (χ1) is 17.3. The predicted molar refractivity (Wildman–Crippen MR) is 158 cm³/mol. The molecular formula is C35H35Cl3SiTi. The van der Waals surface area contributed by atoms with Crippen LogP contribution < -0.4 is 52.8 Å². The monoisotopic (exact) mass is 636 g/mol. The van der Waals surface area contributed by atoms with Gasteiger partial charge in [0.1, 0.15) is 0 Å². The van der Waals surface area contributed by atoms with Gasteiger partial charge < -0.3 is 37.2 Å². The molecule has 0 aliphatic heterocycles. The van der Waals surface area contributed by atoms with Crippen LogP contribution in [0.2, 0.25) is 0 Å². The Hall–Kier alpha value is -1.84. The molecule has 0 unspecified atom stereocenters. The van der Waals surface area contributed by atoms with Crippen LogP contribution in [0, 0.1) is 47.6 Å². The second kappa shape index (κ2) is 14.9. The number of rotatable bonds is 5. The molecule has 1 aliphatic rings. The first-order valence-electron chi connectivity index (χ1n) is 12.9. The molecule has 4 aromatic carbocycles. The zero-order chi connectivity index (χ0) is 25.4. The Balaban J connectivity index is 0.00000200. The van der Waals surface area contributed by atoms with Gasteiger partial charge in [-0.15, -0.1) is 22.9 Å². The van der Waals surface area contributed by atoms with Crippen LogP contribution in [0.5, 0.6) is 0 Å².